The molecule has 0 fully saturated rings. The van der Waals surface area contributed by atoms with Gasteiger partial charge in [-0.05, 0) is 31.2 Å². The van der Waals surface area contributed by atoms with E-state index in [2.05, 4.69) is 5.32 Å². The van der Waals surface area contributed by atoms with E-state index in [9.17, 15) is 4.39 Å². The van der Waals surface area contributed by atoms with Crippen LogP contribution in [0.1, 0.15) is 12.5 Å². The molecular weight excluding hydrogens is 293 g/mol. The summed E-state index contributed by atoms with van der Waals surface area (Å²) >= 11 is 6.00. The quantitative estimate of drug-likeness (QED) is 0.852. The van der Waals surface area contributed by atoms with Crippen LogP contribution in [-0.4, -0.2) is 13.7 Å². The fourth-order valence-electron chi connectivity index (χ4n) is 1.95. The summed E-state index contributed by atoms with van der Waals surface area (Å²) in [6, 6.07) is 10.1. The minimum Gasteiger partial charge on any atom is -0.493 e. The zero-order valence-corrected chi connectivity index (χ0v) is 12.7. The first kappa shape index (κ1) is 15.4. The predicted octanol–water partition coefficient (Wildman–Crippen LogP) is 4.50. The van der Waals surface area contributed by atoms with Crippen molar-refractivity contribution >= 4 is 17.3 Å². The van der Waals surface area contributed by atoms with Crippen molar-refractivity contribution in [3.05, 3.63) is 52.8 Å². The maximum atomic E-state index is 13.7. The summed E-state index contributed by atoms with van der Waals surface area (Å²) in [6.07, 6.45) is 0. The molecule has 1 N–H and O–H groups in total. The van der Waals surface area contributed by atoms with Gasteiger partial charge in [-0.2, -0.15) is 0 Å². The third-order valence-corrected chi connectivity index (χ3v) is 3.35. The second-order valence-electron chi connectivity index (χ2n) is 4.35. The second kappa shape index (κ2) is 7.18. The molecule has 2 rings (SSSR count). The fourth-order valence-corrected chi connectivity index (χ4v) is 2.18. The largest absolute Gasteiger partial charge is 0.493 e. The summed E-state index contributed by atoms with van der Waals surface area (Å²) in [5.41, 5.74) is 1.24. The van der Waals surface area contributed by atoms with E-state index in [1.54, 1.807) is 25.3 Å². The lowest BCUT2D eigenvalue weighted by Gasteiger charge is -2.13. The molecule has 0 spiro atoms. The van der Waals surface area contributed by atoms with Crippen molar-refractivity contribution in [3.63, 3.8) is 0 Å². The second-order valence-corrected chi connectivity index (χ2v) is 4.76. The summed E-state index contributed by atoms with van der Waals surface area (Å²) in [7, 11) is 1.59. The highest BCUT2D eigenvalue weighted by Crippen LogP contribution is 2.30. The van der Waals surface area contributed by atoms with E-state index in [1.165, 1.54) is 6.07 Å². The standard InChI is InChI=1S/C16H17ClFNO2/c1-3-21-16-9-11(7-8-15(16)20-2)19-10-12-13(17)5-4-6-14(12)18/h4-9,19H,3,10H2,1-2H3. The average molecular weight is 310 g/mol. The van der Waals surface area contributed by atoms with Crippen molar-refractivity contribution in [3.8, 4) is 11.5 Å². The first-order valence-corrected chi connectivity index (χ1v) is 7.01. The monoisotopic (exact) mass is 309 g/mol. The first-order chi connectivity index (χ1) is 10.2. The topological polar surface area (TPSA) is 30.5 Å². The lowest BCUT2D eigenvalue weighted by molar-refractivity contribution is 0.311. The molecule has 0 aromatic heterocycles. The number of benzene rings is 2. The van der Waals surface area contributed by atoms with Gasteiger partial charge >= 0.3 is 0 Å². The number of methoxy groups -OCH3 is 1. The lowest BCUT2D eigenvalue weighted by atomic mass is 10.2. The molecule has 5 heteroatoms. The number of hydrogen-bond donors (Lipinski definition) is 1. The van der Waals surface area contributed by atoms with Crippen LogP contribution in [0.4, 0.5) is 10.1 Å². The maximum Gasteiger partial charge on any atom is 0.163 e. The van der Waals surface area contributed by atoms with Gasteiger partial charge in [-0.1, -0.05) is 17.7 Å². The third kappa shape index (κ3) is 3.79. The van der Waals surface area contributed by atoms with Crippen molar-refractivity contribution in [1.29, 1.82) is 0 Å². The number of ether oxygens (including phenoxy) is 2. The minimum absolute atomic E-state index is 0.295. The highest BCUT2D eigenvalue weighted by atomic mass is 35.5. The van der Waals surface area contributed by atoms with Crippen molar-refractivity contribution in [1.82, 2.24) is 0 Å². The molecule has 0 heterocycles. The van der Waals surface area contributed by atoms with E-state index >= 15 is 0 Å². The van der Waals surface area contributed by atoms with Crippen LogP contribution >= 0.6 is 11.6 Å². The van der Waals surface area contributed by atoms with E-state index < -0.39 is 0 Å². The SMILES string of the molecule is CCOc1cc(NCc2c(F)cccc2Cl)ccc1OC. The van der Waals surface area contributed by atoms with Gasteiger partial charge in [0.25, 0.3) is 0 Å². The Labute approximate surface area is 128 Å². The van der Waals surface area contributed by atoms with E-state index in [-0.39, 0.29) is 5.82 Å². The molecule has 0 unspecified atom stereocenters. The van der Waals surface area contributed by atoms with Crippen molar-refractivity contribution in [2.45, 2.75) is 13.5 Å². The van der Waals surface area contributed by atoms with Crippen LogP contribution in [0.5, 0.6) is 11.5 Å². The molecule has 3 nitrogen and oxygen atoms in total. The summed E-state index contributed by atoms with van der Waals surface area (Å²) in [5.74, 6) is 0.976. The van der Waals surface area contributed by atoms with Gasteiger partial charge in [-0.15, -0.1) is 0 Å². The number of rotatable bonds is 6. The Bertz CT molecular complexity index is 599. The third-order valence-electron chi connectivity index (χ3n) is 2.99. The molecule has 0 aliphatic heterocycles. The minimum atomic E-state index is -0.325. The van der Waals surface area contributed by atoms with E-state index in [1.807, 2.05) is 19.1 Å². The summed E-state index contributed by atoms with van der Waals surface area (Å²) < 4.78 is 24.4. The zero-order chi connectivity index (χ0) is 15.2. The maximum absolute atomic E-state index is 13.7. The van der Waals surface area contributed by atoms with Gasteiger partial charge in [0.05, 0.1) is 13.7 Å². The Balaban J connectivity index is 2.15. The Kier molecular flexibility index (Phi) is 5.28. The van der Waals surface area contributed by atoms with Crippen molar-refractivity contribution in [2.24, 2.45) is 0 Å². The Morgan fingerprint density at radius 3 is 2.67 bits per heavy atom. The van der Waals surface area contributed by atoms with Gasteiger partial charge in [0.2, 0.25) is 0 Å². The number of nitrogens with one attached hydrogen (secondary N) is 1. The number of anilines is 1. The summed E-state index contributed by atoms with van der Waals surface area (Å²) in [4.78, 5) is 0. The lowest BCUT2D eigenvalue weighted by Crippen LogP contribution is -2.03. The fraction of sp³-hybridized carbons (Fsp3) is 0.250. The highest BCUT2D eigenvalue weighted by molar-refractivity contribution is 6.31. The normalized spacial score (nSPS) is 10.3. The van der Waals surface area contributed by atoms with Gasteiger partial charge < -0.3 is 14.8 Å². The predicted molar refractivity (Wildman–Crippen MR) is 82.9 cm³/mol. The van der Waals surface area contributed by atoms with Crippen molar-refractivity contribution in [2.75, 3.05) is 19.0 Å². The van der Waals surface area contributed by atoms with Crippen LogP contribution in [0, 0.1) is 5.82 Å². The smallest absolute Gasteiger partial charge is 0.163 e. The van der Waals surface area contributed by atoms with Crippen LogP contribution in [0.2, 0.25) is 5.02 Å². The van der Waals surface area contributed by atoms with Crippen LogP contribution in [0.25, 0.3) is 0 Å². The van der Waals surface area contributed by atoms with Gasteiger partial charge in [0.15, 0.2) is 11.5 Å². The Morgan fingerprint density at radius 2 is 2.00 bits per heavy atom. The van der Waals surface area contributed by atoms with Crippen molar-refractivity contribution < 1.29 is 13.9 Å². The molecule has 0 aliphatic rings. The first-order valence-electron chi connectivity index (χ1n) is 6.63. The Morgan fingerprint density at radius 1 is 1.19 bits per heavy atom. The van der Waals surface area contributed by atoms with E-state index in [0.29, 0.717) is 35.2 Å². The molecule has 0 amide bonds. The van der Waals surface area contributed by atoms with E-state index in [4.69, 9.17) is 21.1 Å². The van der Waals surface area contributed by atoms with Gasteiger partial charge in [-0.25, -0.2) is 4.39 Å². The Hall–Kier alpha value is -1.94. The molecule has 2 aromatic rings. The molecule has 0 radical (unpaired) electrons. The molecule has 0 bridgehead atoms. The molecule has 0 saturated carbocycles. The van der Waals surface area contributed by atoms with Gasteiger partial charge in [0.1, 0.15) is 5.82 Å². The molecule has 21 heavy (non-hydrogen) atoms. The number of halogens is 2. The van der Waals surface area contributed by atoms with E-state index in [0.717, 1.165) is 5.69 Å². The molecule has 0 saturated heterocycles. The van der Waals surface area contributed by atoms with Crippen LogP contribution in [0.15, 0.2) is 36.4 Å². The molecular formula is C16H17ClFNO2. The summed E-state index contributed by atoms with van der Waals surface area (Å²) in [5, 5.41) is 3.54. The van der Waals surface area contributed by atoms with Gasteiger partial charge in [-0.3, -0.25) is 0 Å². The highest BCUT2D eigenvalue weighted by Gasteiger charge is 2.08. The number of hydrogen-bond acceptors (Lipinski definition) is 3. The van der Waals surface area contributed by atoms with Crippen LogP contribution < -0.4 is 14.8 Å². The zero-order valence-electron chi connectivity index (χ0n) is 12.0. The van der Waals surface area contributed by atoms with Gasteiger partial charge in [0, 0.05) is 28.9 Å². The summed E-state index contributed by atoms with van der Waals surface area (Å²) in [6.45, 7) is 2.74. The van der Waals surface area contributed by atoms with Crippen LogP contribution in [-0.2, 0) is 6.54 Å². The molecule has 112 valence electrons. The molecule has 2 aromatic carbocycles. The molecule has 0 atom stereocenters. The average Bonchev–Trinajstić information content (AvgIpc) is 2.47. The van der Waals surface area contributed by atoms with Crippen LogP contribution in [0.3, 0.4) is 0 Å². The molecule has 0 aliphatic carbocycles.